The van der Waals surface area contributed by atoms with Crippen LogP contribution in [0.2, 0.25) is 0 Å². The molecular weight excluding hydrogens is 226 g/mol. The average molecular weight is 247 g/mol. The van der Waals surface area contributed by atoms with Crippen molar-refractivity contribution in [3.8, 4) is 0 Å². The molecule has 4 nitrogen and oxygen atoms in total. The van der Waals surface area contributed by atoms with Crippen LogP contribution in [0.15, 0.2) is 18.3 Å². The largest absolute Gasteiger partial charge is 0.367 e. The quantitative estimate of drug-likeness (QED) is 0.747. The molecule has 0 bridgehead atoms. The molecule has 0 N–H and O–H groups in total. The summed E-state index contributed by atoms with van der Waals surface area (Å²) in [6.45, 7) is 8.02. The van der Waals surface area contributed by atoms with E-state index in [1.165, 1.54) is 0 Å². The van der Waals surface area contributed by atoms with Gasteiger partial charge in [-0.05, 0) is 33.0 Å². The SMILES string of the molecule is CC(=O)c1ccc(N2CC(C)N(C)C(C)C2)cn1. The Labute approximate surface area is 109 Å². The minimum absolute atomic E-state index is 0.0154. The first-order valence-electron chi connectivity index (χ1n) is 6.43. The first kappa shape index (κ1) is 13.0. The third-order valence-electron chi connectivity index (χ3n) is 3.83. The lowest BCUT2D eigenvalue weighted by Crippen LogP contribution is -2.55. The van der Waals surface area contributed by atoms with E-state index in [1.807, 2.05) is 18.3 Å². The van der Waals surface area contributed by atoms with Crippen LogP contribution < -0.4 is 4.90 Å². The highest BCUT2D eigenvalue weighted by Gasteiger charge is 2.26. The van der Waals surface area contributed by atoms with Crippen LogP contribution in [0.3, 0.4) is 0 Å². The summed E-state index contributed by atoms with van der Waals surface area (Å²) in [6.07, 6.45) is 1.81. The molecule has 0 aliphatic carbocycles. The van der Waals surface area contributed by atoms with Gasteiger partial charge in [0.2, 0.25) is 0 Å². The molecular formula is C14H21N3O. The summed E-state index contributed by atoms with van der Waals surface area (Å²) in [5.74, 6) is 0.0154. The summed E-state index contributed by atoms with van der Waals surface area (Å²) >= 11 is 0. The number of piperazine rings is 1. The molecule has 0 saturated carbocycles. The van der Waals surface area contributed by atoms with Gasteiger partial charge in [-0.2, -0.15) is 0 Å². The van der Waals surface area contributed by atoms with Gasteiger partial charge in [0.1, 0.15) is 5.69 Å². The Morgan fingerprint density at radius 1 is 1.28 bits per heavy atom. The van der Waals surface area contributed by atoms with Crippen molar-refractivity contribution in [2.24, 2.45) is 0 Å². The number of Topliss-reactive ketones (excluding diaryl/α,β-unsaturated/α-hetero) is 1. The van der Waals surface area contributed by atoms with Gasteiger partial charge in [0.25, 0.3) is 0 Å². The van der Waals surface area contributed by atoms with E-state index < -0.39 is 0 Å². The van der Waals surface area contributed by atoms with Crippen LogP contribution in [0.4, 0.5) is 5.69 Å². The monoisotopic (exact) mass is 247 g/mol. The maximum atomic E-state index is 11.2. The molecule has 0 spiro atoms. The predicted octanol–water partition coefficient (Wildman–Crippen LogP) is 1.81. The molecule has 2 atom stereocenters. The lowest BCUT2D eigenvalue weighted by molar-refractivity contribution is 0.101. The Morgan fingerprint density at radius 3 is 2.33 bits per heavy atom. The minimum Gasteiger partial charge on any atom is -0.367 e. The number of rotatable bonds is 2. The number of pyridine rings is 1. The number of carbonyl (C=O) groups is 1. The maximum absolute atomic E-state index is 11.2. The average Bonchev–Trinajstić information content (AvgIpc) is 2.35. The molecule has 1 aromatic rings. The Bertz CT molecular complexity index is 417. The van der Waals surface area contributed by atoms with E-state index in [4.69, 9.17) is 0 Å². The summed E-state index contributed by atoms with van der Waals surface area (Å²) in [5, 5.41) is 0. The van der Waals surface area contributed by atoms with E-state index >= 15 is 0 Å². The number of hydrogen-bond acceptors (Lipinski definition) is 4. The van der Waals surface area contributed by atoms with Gasteiger partial charge in [0, 0.05) is 32.1 Å². The van der Waals surface area contributed by atoms with Crippen LogP contribution in [0.5, 0.6) is 0 Å². The van der Waals surface area contributed by atoms with E-state index in [2.05, 4.69) is 35.7 Å². The Morgan fingerprint density at radius 2 is 1.89 bits per heavy atom. The van der Waals surface area contributed by atoms with Crippen molar-refractivity contribution in [2.45, 2.75) is 32.9 Å². The number of ketones is 1. The standard InChI is InChI=1S/C14H21N3O/c1-10-8-17(9-11(2)16(10)4)13-5-6-14(12(3)18)15-7-13/h5-7,10-11H,8-9H2,1-4H3. The molecule has 2 unspecified atom stereocenters. The number of aromatic nitrogens is 1. The minimum atomic E-state index is 0.0154. The molecule has 4 heteroatoms. The smallest absolute Gasteiger partial charge is 0.178 e. The van der Waals surface area contributed by atoms with Crippen LogP contribution in [-0.4, -0.2) is 47.9 Å². The fourth-order valence-electron chi connectivity index (χ4n) is 2.40. The lowest BCUT2D eigenvalue weighted by atomic mass is 10.1. The highest BCUT2D eigenvalue weighted by molar-refractivity contribution is 5.92. The molecule has 2 heterocycles. The van der Waals surface area contributed by atoms with E-state index in [0.29, 0.717) is 17.8 Å². The second kappa shape index (κ2) is 5.06. The second-order valence-electron chi connectivity index (χ2n) is 5.23. The van der Waals surface area contributed by atoms with Crippen LogP contribution >= 0.6 is 0 Å². The van der Waals surface area contributed by atoms with Crippen molar-refractivity contribution in [1.82, 2.24) is 9.88 Å². The van der Waals surface area contributed by atoms with Gasteiger partial charge >= 0.3 is 0 Å². The zero-order valence-electron chi connectivity index (χ0n) is 11.6. The first-order valence-corrected chi connectivity index (χ1v) is 6.43. The van der Waals surface area contributed by atoms with Gasteiger partial charge in [0.15, 0.2) is 5.78 Å². The van der Waals surface area contributed by atoms with E-state index in [0.717, 1.165) is 18.8 Å². The van der Waals surface area contributed by atoms with Crippen molar-refractivity contribution in [1.29, 1.82) is 0 Å². The third kappa shape index (κ3) is 2.53. The van der Waals surface area contributed by atoms with Crippen molar-refractivity contribution in [3.05, 3.63) is 24.0 Å². The Hall–Kier alpha value is -1.42. The Balaban J connectivity index is 2.14. The molecule has 1 fully saturated rings. The van der Waals surface area contributed by atoms with E-state index in [9.17, 15) is 4.79 Å². The number of hydrogen-bond donors (Lipinski definition) is 0. The van der Waals surface area contributed by atoms with Gasteiger partial charge in [-0.1, -0.05) is 0 Å². The molecule has 0 radical (unpaired) electrons. The second-order valence-corrected chi connectivity index (χ2v) is 5.23. The van der Waals surface area contributed by atoms with Crippen LogP contribution in [0.25, 0.3) is 0 Å². The summed E-state index contributed by atoms with van der Waals surface area (Å²) < 4.78 is 0. The van der Waals surface area contributed by atoms with E-state index in [-0.39, 0.29) is 5.78 Å². The van der Waals surface area contributed by atoms with Gasteiger partial charge < -0.3 is 4.90 Å². The molecule has 1 aliphatic rings. The van der Waals surface area contributed by atoms with Gasteiger partial charge in [-0.15, -0.1) is 0 Å². The van der Waals surface area contributed by atoms with Crippen molar-refractivity contribution >= 4 is 11.5 Å². The predicted molar refractivity (Wildman–Crippen MR) is 73.1 cm³/mol. The fourth-order valence-corrected chi connectivity index (χ4v) is 2.40. The zero-order chi connectivity index (χ0) is 13.3. The summed E-state index contributed by atoms with van der Waals surface area (Å²) in [4.78, 5) is 20.2. The molecule has 0 amide bonds. The number of carbonyl (C=O) groups excluding carboxylic acids is 1. The summed E-state index contributed by atoms with van der Waals surface area (Å²) in [7, 11) is 2.17. The van der Waals surface area contributed by atoms with Crippen LogP contribution in [-0.2, 0) is 0 Å². The molecule has 2 rings (SSSR count). The maximum Gasteiger partial charge on any atom is 0.178 e. The molecule has 98 valence electrons. The number of likely N-dealkylation sites (N-methyl/N-ethyl adjacent to an activating group) is 1. The zero-order valence-corrected chi connectivity index (χ0v) is 11.6. The molecule has 1 aromatic heterocycles. The first-order chi connectivity index (χ1) is 8.49. The van der Waals surface area contributed by atoms with Crippen molar-refractivity contribution in [3.63, 3.8) is 0 Å². The topological polar surface area (TPSA) is 36.4 Å². The lowest BCUT2D eigenvalue weighted by Gasteiger charge is -2.43. The highest BCUT2D eigenvalue weighted by atomic mass is 16.1. The number of nitrogens with zero attached hydrogens (tertiary/aromatic N) is 3. The third-order valence-corrected chi connectivity index (χ3v) is 3.83. The molecule has 1 saturated heterocycles. The number of anilines is 1. The molecule has 0 aromatic carbocycles. The summed E-state index contributed by atoms with van der Waals surface area (Å²) in [5.41, 5.74) is 1.64. The highest BCUT2D eigenvalue weighted by Crippen LogP contribution is 2.20. The van der Waals surface area contributed by atoms with Crippen molar-refractivity contribution in [2.75, 3.05) is 25.0 Å². The fraction of sp³-hybridized carbons (Fsp3) is 0.571. The van der Waals surface area contributed by atoms with Gasteiger partial charge in [-0.25, -0.2) is 0 Å². The summed E-state index contributed by atoms with van der Waals surface area (Å²) in [6, 6.07) is 4.86. The van der Waals surface area contributed by atoms with E-state index in [1.54, 1.807) is 6.92 Å². The van der Waals surface area contributed by atoms with Gasteiger partial charge in [-0.3, -0.25) is 14.7 Å². The Kier molecular flexibility index (Phi) is 3.66. The van der Waals surface area contributed by atoms with Gasteiger partial charge in [0.05, 0.1) is 11.9 Å². The van der Waals surface area contributed by atoms with Crippen LogP contribution in [0, 0.1) is 0 Å². The van der Waals surface area contributed by atoms with Crippen molar-refractivity contribution < 1.29 is 4.79 Å². The van der Waals surface area contributed by atoms with Crippen LogP contribution in [0.1, 0.15) is 31.3 Å². The molecule has 1 aliphatic heterocycles. The molecule has 18 heavy (non-hydrogen) atoms. The normalized spacial score (nSPS) is 25.2.